The molecule has 1 N–H and O–H groups in total. The number of benzene rings is 1. The molecule has 1 aliphatic rings. The van der Waals surface area contributed by atoms with Crippen molar-refractivity contribution in [3.8, 4) is 0 Å². The molecule has 0 saturated heterocycles. The van der Waals surface area contributed by atoms with Crippen molar-refractivity contribution in [3.05, 3.63) is 35.4 Å². The first-order chi connectivity index (χ1) is 9.49. The molecule has 1 fully saturated rings. The molecule has 0 amide bonds. The fraction of sp³-hybridized carbons (Fsp3) is 0.625. The molecular weight excluding hydrogens is 258 g/mol. The van der Waals surface area contributed by atoms with Crippen molar-refractivity contribution in [2.24, 2.45) is 0 Å². The van der Waals surface area contributed by atoms with Crippen molar-refractivity contribution < 1.29 is 8.78 Å². The van der Waals surface area contributed by atoms with Crippen LogP contribution in [-0.2, 0) is 6.42 Å². The van der Waals surface area contributed by atoms with Crippen molar-refractivity contribution in [2.45, 2.75) is 43.7 Å². The maximum absolute atomic E-state index is 13.9. The Kier molecular flexibility index (Phi) is 4.76. The molecule has 1 unspecified atom stereocenters. The van der Waals surface area contributed by atoms with Gasteiger partial charge in [0.15, 0.2) is 0 Å². The van der Waals surface area contributed by atoms with E-state index in [9.17, 15) is 8.78 Å². The predicted octanol–water partition coefficient (Wildman–Crippen LogP) is 2.97. The molecule has 1 atom stereocenters. The van der Waals surface area contributed by atoms with Crippen LogP contribution in [0.15, 0.2) is 18.2 Å². The lowest BCUT2D eigenvalue weighted by Crippen LogP contribution is -2.57. The molecule has 1 saturated carbocycles. The molecular formula is C16H24F2N2. The minimum Gasteiger partial charge on any atom is -0.315 e. The van der Waals surface area contributed by atoms with E-state index in [4.69, 9.17) is 0 Å². The first-order valence-corrected chi connectivity index (χ1v) is 7.28. The summed E-state index contributed by atoms with van der Waals surface area (Å²) in [6.45, 7) is 0. The lowest BCUT2D eigenvalue weighted by molar-refractivity contribution is 0.108. The molecule has 0 bridgehead atoms. The number of hydrogen-bond donors (Lipinski definition) is 1. The van der Waals surface area contributed by atoms with Crippen LogP contribution >= 0.6 is 0 Å². The zero-order chi connectivity index (χ0) is 14.8. The normalized spacial score (nSPS) is 19.5. The van der Waals surface area contributed by atoms with Crippen LogP contribution in [0, 0.1) is 11.6 Å². The summed E-state index contributed by atoms with van der Waals surface area (Å²) < 4.78 is 26.9. The highest BCUT2D eigenvalue weighted by Gasteiger charge is 2.42. The molecule has 0 radical (unpaired) electrons. The molecule has 20 heavy (non-hydrogen) atoms. The standard InChI is InChI=1S/C16H24F2N2/c1-19-15(16(20(2)3)8-4-5-9-16)10-12-6-7-13(17)11-14(12)18/h6-7,11,15,19H,4-5,8-10H2,1-3H3. The smallest absolute Gasteiger partial charge is 0.129 e. The highest BCUT2D eigenvalue weighted by molar-refractivity contribution is 5.21. The minimum absolute atomic E-state index is 0.0651. The Morgan fingerprint density at radius 1 is 1.25 bits per heavy atom. The van der Waals surface area contributed by atoms with Gasteiger partial charge in [-0.2, -0.15) is 0 Å². The molecule has 2 nitrogen and oxygen atoms in total. The number of halogens is 2. The van der Waals surface area contributed by atoms with Gasteiger partial charge < -0.3 is 10.2 Å². The lowest BCUT2D eigenvalue weighted by atomic mass is 9.83. The van der Waals surface area contributed by atoms with Crippen LogP contribution in [0.3, 0.4) is 0 Å². The fourth-order valence-corrected chi connectivity index (χ4v) is 3.56. The SMILES string of the molecule is CNC(Cc1ccc(F)cc1F)C1(N(C)C)CCCC1. The first kappa shape index (κ1) is 15.4. The molecule has 0 spiro atoms. The van der Waals surface area contributed by atoms with Gasteiger partial charge in [-0.25, -0.2) is 8.78 Å². The average molecular weight is 282 g/mol. The van der Waals surface area contributed by atoms with Crippen molar-refractivity contribution in [1.82, 2.24) is 10.2 Å². The largest absolute Gasteiger partial charge is 0.315 e. The average Bonchev–Trinajstić information content (AvgIpc) is 2.88. The zero-order valence-electron chi connectivity index (χ0n) is 12.5. The van der Waals surface area contributed by atoms with E-state index in [0.29, 0.717) is 12.0 Å². The van der Waals surface area contributed by atoms with Crippen LogP contribution in [0.5, 0.6) is 0 Å². The van der Waals surface area contributed by atoms with Crippen LogP contribution in [0.25, 0.3) is 0 Å². The number of hydrogen-bond acceptors (Lipinski definition) is 2. The summed E-state index contributed by atoms with van der Waals surface area (Å²) >= 11 is 0. The third-order valence-corrected chi connectivity index (χ3v) is 4.80. The molecule has 2 rings (SSSR count). The van der Waals surface area contributed by atoms with E-state index in [1.54, 1.807) is 6.07 Å². The molecule has 4 heteroatoms. The van der Waals surface area contributed by atoms with Crippen LogP contribution < -0.4 is 5.32 Å². The third-order valence-electron chi connectivity index (χ3n) is 4.80. The van der Waals surface area contributed by atoms with Gasteiger partial charge in [0.25, 0.3) is 0 Å². The Morgan fingerprint density at radius 3 is 2.40 bits per heavy atom. The summed E-state index contributed by atoms with van der Waals surface area (Å²) in [5, 5.41) is 3.35. The van der Waals surface area contributed by atoms with Gasteiger partial charge in [-0.1, -0.05) is 18.9 Å². The van der Waals surface area contributed by atoms with Gasteiger partial charge >= 0.3 is 0 Å². The number of nitrogens with one attached hydrogen (secondary N) is 1. The van der Waals surface area contributed by atoms with Gasteiger partial charge in [0.05, 0.1) is 0 Å². The van der Waals surface area contributed by atoms with E-state index >= 15 is 0 Å². The van der Waals surface area contributed by atoms with E-state index in [-0.39, 0.29) is 11.6 Å². The molecule has 112 valence electrons. The Labute approximate surface area is 120 Å². The topological polar surface area (TPSA) is 15.3 Å². The second-order valence-corrected chi connectivity index (χ2v) is 5.99. The van der Waals surface area contributed by atoms with Gasteiger partial charge in [-0.05, 0) is 52.0 Å². The highest BCUT2D eigenvalue weighted by Crippen LogP contribution is 2.37. The van der Waals surface area contributed by atoms with E-state index in [1.165, 1.54) is 18.9 Å². The fourth-order valence-electron chi connectivity index (χ4n) is 3.56. The van der Waals surface area contributed by atoms with Gasteiger partial charge in [0.1, 0.15) is 11.6 Å². The maximum atomic E-state index is 13.9. The van der Waals surface area contributed by atoms with E-state index < -0.39 is 11.6 Å². The van der Waals surface area contributed by atoms with Crippen molar-refractivity contribution in [1.29, 1.82) is 0 Å². The van der Waals surface area contributed by atoms with Crippen molar-refractivity contribution >= 4 is 0 Å². The van der Waals surface area contributed by atoms with Gasteiger partial charge in [0, 0.05) is 17.6 Å². The summed E-state index contributed by atoms with van der Waals surface area (Å²) in [6, 6.07) is 4.04. The summed E-state index contributed by atoms with van der Waals surface area (Å²) in [5.74, 6) is -0.965. The maximum Gasteiger partial charge on any atom is 0.129 e. The van der Waals surface area contributed by atoms with Crippen LogP contribution in [-0.4, -0.2) is 37.6 Å². The molecule has 0 aliphatic heterocycles. The van der Waals surface area contributed by atoms with E-state index in [1.807, 2.05) is 7.05 Å². The molecule has 0 aromatic heterocycles. The second-order valence-electron chi connectivity index (χ2n) is 5.99. The monoisotopic (exact) mass is 282 g/mol. The Bertz CT molecular complexity index is 454. The van der Waals surface area contributed by atoms with Crippen LogP contribution in [0.4, 0.5) is 8.78 Å². The summed E-state index contributed by atoms with van der Waals surface area (Å²) in [5.41, 5.74) is 0.647. The molecule has 0 heterocycles. The molecule has 1 aromatic carbocycles. The number of rotatable bonds is 5. The molecule has 1 aliphatic carbocycles. The van der Waals surface area contributed by atoms with E-state index in [2.05, 4.69) is 24.3 Å². The van der Waals surface area contributed by atoms with Crippen LogP contribution in [0.2, 0.25) is 0 Å². The van der Waals surface area contributed by atoms with Crippen molar-refractivity contribution in [3.63, 3.8) is 0 Å². The summed E-state index contributed by atoms with van der Waals surface area (Å²) in [7, 11) is 6.11. The quantitative estimate of drug-likeness (QED) is 0.893. The van der Waals surface area contributed by atoms with Crippen molar-refractivity contribution in [2.75, 3.05) is 21.1 Å². The lowest BCUT2D eigenvalue weighted by Gasteiger charge is -2.43. The van der Waals surface area contributed by atoms with Gasteiger partial charge in [0.2, 0.25) is 0 Å². The Hall–Kier alpha value is -1.00. The first-order valence-electron chi connectivity index (χ1n) is 7.28. The number of nitrogens with zero attached hydrogens (tertiary/aromatic N) is 1. The Balaban J connectivity index is 2.23. The third kappa shape index (κ3) is 2.86. The molecule has 1 aromatic rings. The second kappa shape index (κ2) is 6.19. The zero-order valence-corrected chi connectivity index (χ0v) is 12.5. The highest BCUT2D eigenvalue weighted by atomic mass is 19.1. The summed E-state index contributed by atoms with van der Waals surface area (Å²) in [4.78, 5) is 2.27. The summed E-state index contributed by atoms with van der Waals surface area (Å²) in [6.07, 6.45) is 5.24. The van der Waals surface area contributed by atoms with Crippen LogP contribution in [0.1, 0.15) is 31.2 Å². The minimum atomic E-state index is -0.518. The predicted molar refractivity (Wildman–Crippen MR) is 77.8 cm³/mol. The number of likely N-dealkylation sites (N-methyl/N-ethyl adjacent to an activating group) is 2. The van der Waals surface area contributed by atoms with Gasteiger partial charge in [-0.15, -0.1) is 0 Å². The van der Waals surface area contributed by atoms with E-state index in [0.717, 1.165) is 18.9 Å². The van der Waals surface area contributed by atoms with Gasteiger partial charge in [-0.3, -0.25) is 0 Å². The Morgan fingerprint density at radius 2 is 1.90 bits per heavy atom.